The van der Waals surface area contributed by atoms with Crippen molar-refractivity contribution in [3.63, 3.8) is 0 Å². The van der Waals surface area contributed by atoms with Gasteiger partial charge in [0.2, 0.25) is 5.88 Å². The fourth-order valence-electron chi connectivity index (χ4n) is 0.796. The lowest BCUT2D eigenvalue weighted by molar-refractivity contribution is -0.275. The molecule has 0 aliphatic carbocycles. The summed E-state index contributed by atoms with van der Waals surface area (Å²) in [5.74, 6) is -0.466. The highest BCUT2D eigenvalue weighted by Gasteiger charge is 2.32. The van der Waals surface area contributed by atoms with E-state index in [4.69, 9.17) is 0 Å². The van der Waals surface area contributed by atoms with Crippen LogP contribution in [-0.4, -0.2) is 18.4 Å². The fraction of sp³-hybridized carbons (Fsp3) is 0.286. The first-order chi connectivity index (χ1) is 6.42. The maximum absolute atomic E-state index is 11.9. The highest BCUT2D eigenvalue weighted by Crippen LogP contribution is 2.28. The van der Waals surface area contributed by atoms with Crippen molar-refractivity contribution in [2.24, 2.45) is 0 Å². The molecule has 14 heavy (non-hydrogen) atoms. The summed E-state index contributed by atoms with van der Waals surface area (Å²) < 4.78 is 39.8. The topological polar surface area (TPSA) is 34.2 Å². The fourth-order valence-corrected chi connectivity index (χ4v) is 1.19. The average molecular weight is 318 g/mol. The second kappa shape index (κ2) is 4.20. The number of hydrogen-bond acceptors (Lipinski definition) is 3. The van der Waals surface area contributed by atoms with Crippen molar-refractivity contribution in [2.45, 2.75) is 6.36 Å². The van der Waals surface area contributed by atoms with Crippen molar-refractivity contribution in [1.29, 1.82) is 0 Å². The Labute approximate surface area is 91.8 Å². The number of nitrogens with zero attached hydrogens (tertiary/aromatic N) is 1. The summed E-state index contributed by atoms with van der Waals surface area (Å²) in [5.41, 5.74) is 0.197. The zero-order valence-electron chi connectivity index (χ0n) is 7.02. The van der Waals surface area contributed by atoms with E-state index in [2.05, 4.69) is 15.0 Å². The van der Waals surface area contributed by atoms with E-state index in [-0.39, 0.29) is 5.69 Å². The molecule has 0 fully saturated rings. The zero-order chi connectivity index (χ0) is 10.8. The van der Waals surface area contributed by atoms with Crippen molar-refractivity contribution in [2.75, 3.05) is 12.4 Å². The molecule has 1 N–H and O–H groups in total. The van der Waals surface area contributed by atoms with Crippen molar-refractivity contribution < 1.29 is 17.9 Å². The molecule has 0 saturated heterocycles. The van der Waals surface area contributed by atoms with Crippen LogP contribution in [0.1, 0.15) is 0 Å². The van der Waals surface area contributed by atoms with Crippen molar-refractivity contribution in [3.05, 3.63) is 15.8 Å². The number of alkyl halides is 3. The Bertz CT molecular complexity index is 329. The molecule has 0 amide bonds. The van der Waals surface area contributed by atoms with Gasteiger partial charge < -0.3 is 10.1 Å². The first-order valence-electron chi connectivity index (χ1n) is 3.52. The number of rotatable bonds is 2. The van der Waals surface area contributed by atoms with E-state index < -0.39 is 12.2 Å². The molecular weight excluding hydrogens is 312 g/mol. The standard InChI is InChI=1S/C7H6F3IN2O/c1-12-4-2-3-5(11)13-6(4)14-7(8,9)10/h2-3,12H,1H3. The first kappa shape index (κ1) is 11.3. The number of aromatic nitrogens is 1. The third-order valence-corrected chi connectivity index (χ3v) is 1.91. The quantitative estimate of drug-likeness (QED) is 0.672. The lowest BCUT2D eigenvalue weighted by atomic mass is 10.4. The Morgan fingerprint density at radius 1 is 1.43 bits per heavy atom. The molecule has 0 radical (unpaired) electrons. The normalized spacial score (nSPS) is 11.2. The molecule has 0 saturated carbocycles. The molecule has 0 spiro atoms. The van der Waals surface area contributed by atoms with Crippen LogP contribution in [0, 0.1) is 3.70 Å². The lowest BCUT2D eigenvalue weighted by Crippen LogP contribution is -2.19. The molecule has 0 atom stereocenters. The van der Waals surface area contributed by atoms with E-state index >= 15 is 0 Å². The monoisotopic (exact) mass is 318 g/mol. The number of halogens is 4. The molecule has 1 aromatic heterocycles. The minimum absolute atomic E-state index is 0.197. The Hall–Kier alpha value is -0.730. The van der Waals surface area contributed by atoms with Crippen LogP contribution in [0.3, 0.4) is 0 Å². The predicted octanol–water partition coefficient (Wildman–Crippen LogP) is 2.63. The lowest BCUT2D eigenvalue weighted by Gasteiger charge is -2.11. The van der Waals surface area contributed by atoms with Crippen LogP contribution in [0.4, 0.5) is 18.9 Å². The van der Waals surface area contributed by atoms with Gasteiger partial charge in [0, 0.05) is 7.05 Å². The van der Waals surface area contributed by atoms with Gasteiger partial charge in [-0.25, -0.2) is 4.98 Å². The van der Waals surface area contributed by atoms with Gasteiger partial charge in [0.25, 0.3) is 0 Å². The van der Waals surface area contributed by atoms with Crippen LogP contribution in [0.2, 0.25) is 0 Å². The second-order valence-electron chi connectivity index (χ2n) is 2.28. The van der Waals surface area contributed by atoms with Crippen LogP contribution in [-0.2, 0) is 0 Å². The highest BCUT2D eigenvalue weighted by molar-refractivity contribution is 14.1. The number of nitrogens with one attached hydrogen (secondary N) is 1. The number of pyridine rings is 1. The maximum Gasteiger partial charge on any atom is 0.574 e. The van der Waals surface area contributed by atoms with Gasteiger partial charge in [0.1, 0.15) is 3.70 Å². The Morgan fingerprint density at radius 3 is 2.57 bits per heavy atom. The molecule has 3 nitrogen and oxygen atoms in total. The number of hydrogen-bond donors (Lipinski definition) is 1. The van der Waals surface area contributed by atoms with Crippen LogP contribution in [0.5, 0.6) is 5.88 Å². The molecule has 0 bridgehead atoms. The summed E-state index contributed by atoms with van der Waals surface area (Å²) in [4.78, 5) is 3.61. The number of ether oxygens (including phenoxy) is 1. The summed E-state index contributed by atoms with van der Waals surface area (Å²) in [7, 11) is 1.49. The van der Waals surface area contributed by atoms with Gasteiger partial charge >= 0.3 is 6.36 Å². The average Bonchev–Trinajstić information content (AvgIpc) is 2.01. The smallest absolute Gasteiger partial charge is 0.386 e. The van der Waals surface area contributed by atoms with E-state index in [1.165, 1.54) is 13.1 Å². The summed E-state index contributed by atoms with van der Waals surface area (Å²) in [6, 6.07) is 3.05. The summed E-state index contributed by atoms with van der Waals surface area (Å²) in [5, 5.41) is 2.55. The van der Waals surface area contributed by atoms with E-state index in [1.54, 1.807) is 28.7 Å². The van der Waals surface area contributed by atoms with Gasteiger partial charge in [-0.1, -0.05) is 0 Å². The summed E-state index contributed by atoms with van der Waals surface area (Å²) in [6.45, 7) is 0. The Balaban J connectivity index is 2.99. The Morgan fingerprint density at radius 2 is 2.07 bits per heavy atom. The molecule has 1 rings (SSSR count). The van der Waals surface area contributed by atoms with Crippen molar-refractivity contribution in [3.8, 4) is 5.88 Å². The van der Waals surface area contributed by atoms with Crippen LogP contribution >= 0.6 is 22.6 Å². The maximum atomic E-state index is 11.9. The van der Waals surface area contributed by atoms with Gasteiger partial charge in [-0.05, 0) is 34.7 Å². The van der Waals surface area contributed by atoms with E-state index in [9.17, 15) is 13.2 Å². The second-order valence-corrected chi connectivity index (χ2v) is 3.39. The molecule has 0 aromatic carbocycles. The molecule has 78 valence electrons. The molecule has 0 aliphatic rings. The molecule has 0 aliphatic heterocycles. The molecule has 1 aromatic rings. The minimum atomic E-state index is -4.72. The van der Waals surface area contributed by atoms with E-state index in [1.807, 2.05) is 0 Å². The molecule has 0 unspecified atom stereocenters. The van der Waals surface area contributed by atoms with Crippen molar-refractivity contribution >= 4 is 28.3 Å². The summed E-state index contributed by atoms with van der Waals surface area (Å²) >= 11 is 1.80. The van der Waals surface area contributed by atoms with Gasteiger partial charge in [-0.3, -0.25) is 0 Å². The third-order valence-electron chi connectivity index (χ3n) is 1.31. The van der Waals surface area contributed by atoms with Crippen molar-refractivity contribution in [1.82, 2.24) is 4.98 Å². The van der Waals surface area contributed by atoms with Crippen LogP contribution < -0.4 is 10.1 Å². The predicted molar refractivity (Wildman–Crippen MR) is 53.2 cm³/mol. The van der Waals surface area contributed by atoms with Gasteiger partial charge in [-0.15, -0.1) is 13.2 Å². The largest absolute Gasteiger partial charge is 0.574 e. The molecule has 7 heteroatoms. The number of anilines is 1. The van der Waals surface area contributed by atoms with Crippen LogP contribution in [0.25, 0.3) is 0 Å². The minimum Gasteiger partial charge on any atom is -0.386 e. The SMILES string of the molecule is CNc1ccc(I)nc1OC(F)(F)F. The Kier molecular flexibility index (Phi) is 3.40. The third kappa shape index (κ3) is 3.20. The van der Waals surface area contributed by atoms with Gasteiger partial charge in [-0.2, -0.15) is 0 Å². The van der Waals surface area contributed by atoms with E-state index in [0.717, 1.165) is 0 Å². The van der Waals surface area contributed by atoms with Gasteiger partial charge in [0.15, 0.2) is 0 Å². The van der Waals surface area contributed by atoms with E-state index in [0.29, 0.717) is 3.70 Å². The first-order valence-corrected chi connectivity index (χ1v) is 4.60. The molecular formula is C7H6F3IN2O. The zero-order valence-corrected chi connectivity index (χ0v) is 9.18. The summed E-state index contributed by atoms with van der Waals surface area (Å²) in [6.07, 6.45) is -4.72. The van der Waals surface area contributed by atoms with Gasteiger partial charge in [0.05, 0.1) is 5.69 Å². The highest BCUT2D eigenvalue weighted by atomic mass is 127. The molecule has 1 heterocycles. The van der Waals surface area contributed by atoms with Crippen LogP contribution in [0.15, 0.2) is 12.1 Å².